The molecular weight excluding hydrogens is 410 g/mol. The first-order valence-corrected chi connectivity index (χ1v) is 8.16. The topological polar surface area (TPSA) is 44.9 Å². The number of hydrogen-bond acceptors (Lipinski definition) is 1. The molecule has 1 atom stereocenters. The van der Waals surface area contributed by atoms with Gasteiger partial charge in [-0.3, -0.25) is 4.79 Å². The van der Waals surface area contributed by atoms with Crippen LogP contribution in [0.4, 0.5) is 26.3 Å². The Kier molecular flexibility index (Phi) is 5.05. The molecule has 148 valence electrons. The summed E-state index contributed by atoms with van der Waals surface area (Å²) in [4.78, 5) is 15.0. The first kappa shape index (κ1) is 20.1. The van der Waals surface area contributed by atoms with Crippen molar-refractivity contribution in [3.8, 4) is 0 Å². The van der Waals surface area contributed by atoms with Gasteiger partial charge in [-0.05, 0) is 35.9 Å². The van der Waals surface area contributed by atoms with Gasteiger partial charge in [0.2, 0.25) is 0 Å². The third-order valence-corrected chi connectivity index (χ3v) is 4.21. The van der Waals surface area contributed by atoms with Gasteiger partial charge in [0.05, 0.1) is 5.56 Å². The molecule has 0 spiro atoms. The van der Waals surface area contributed by atoms with Crippen molar-refractivity contribution in [3.63, 3.8) is 0 Å². The van der Waals surface area contributed by atoms with E-state index in [0.29, 0.717) is 28.1 Å². The Morgan fingerprint density at radius 3 is 2.36 bits per heavy atom. The quantitative estimate of drug-likeness (QED) is 0.511. The number of fused-ring (bicyclic) bond motifs is 1. The number of carbonyl (C=O) groups excluding carboxylic acids is 1. The third kappa shape index (κ3) is 4.24. The molecule has 1 aromatic heterocycles. The lowest BCUT2D eigenvalue weighted by molar-refractivity contribution is -0.156. The second-order valence-electron chi connectivity index (χ2n) is 5.99. The van der Waals surface area contributed by atoms with Crippen LogP contribution in [0.15, 0.2) is 48.5 Å². The summed E-state index contributed by atoms with van der Waals surface area (Å²) in [6.45, 7) is 0. The van der Waals surface area contributed by atoms with Crippen LogP contribution in [-0.4, -0.2) is 17.1 Å². The van der Waals surface area contributed by atoms with Gasteiger partial charge in [0, 0.05) is 15.9 Å². The smallest absolute Gasteiger partial charge is 0.350 e. The zero-order valence-corrected chi connectivity index (χ0v) is 14.5. The van der Waals surface area contributed by atoms with Crippen molar-refractivity contribution in [1.82, 2.24) is 10.3 Å². The van der Waals surface area contributed by atoms with E-state index in [9.17, 15) is 31.1 Å². The van der Waals surface area contributed by atoms with E-state index < -0.39 is 35.4 Å². The van der Waals surface area contributed by atoms with E-state index in [1.165, 1.54) is 12.1 Å². The van der Waals surface area contributed by atoms with Crippen LogP contribution in [0.2, 0.25) is 5.02 Å². The number of H-pyrrole nitrogens is 1. The zero-order chi connectivity index (χ0) is 20.7. The average Bonchev–Trinajstić information content (AvgIpc) is 3.01. The Balaban J connectivity index is 1.93. The molecule has 0 bridgehead atoms. The predicted octanol–water partition coefficient (Wildman–Crippen LogP) is 5.87. The van der Waals surface area contributed by atoms with E-state index in [-0.39, 0.29) is 5.69 Å². The van der Waals surface area contributed by atoms with Gasteiger partial charge >= 0.3 is 12.4 Å². The van der Waals surface area contributed by atoms with Crippen LogP contribution in [-0.2, 0) is 6.18 Å². The number of halogens is 7. The maximum atomic E-state index is 13.4. The molecular formula is C18H11ClF6N2O. The molecule has 3 aromatic rings. The molecule has 1 heterocycles. The number of rotatable bonds is 3. The van der Waals surface area contributed by atoms with Crippen molar-refractivity contribution in [2.45, 2.75) is 18.4 Å². The van der Waals surface area contributed by atoms with Crippen molar-refractivity contribution in [2.75, 3.05) is 0 Å². The molecule has 0 aliphatic rings. The Morgan fingerprint density at radius 1 is 1.00 bits per heavy atom. The summed E-state index contributed by atoms with van der Waals surface area (Å²) in [6, 6.07) is 6.05. The largest absolute Gasteiger partial charge is 0.416 e. The predicted molar refractivity (Wildman–Crippen MR) is 91.0 cm³/mol. The highest BCUT2D eigenvalue weighted by Crippen LogP contribution is 2.36. The number of hydrogen-bond donors (Lipinski definition) is 2. The van der Waals surface area contributed by atoms with Gasteiger partial charge in [-0.2, -0.15) is 26.3 Å². The van der Waals surface area contributed by atoms with E-state index in [1.54, 1.807) is 17.4 Å². The van der Waals surface area contributed by atoms with Crippen molar-refractivity contribution < 1.29 is 31.1 Å². The van der Waals surface area contributed by atoms with Crippen LogP contribution in [0.25, 0.3) is 10.9 Å². The number of aromatic nitrogens is 1. The summed E-state index contributed by atoms with van der Waals surface area (Å²) < 4.78 is 78.8. The molecule has 0 saturated carbocycles. The second kappa shape index (κ2) is 7.05. The molecule has 1 amide bonds. The molecule has 3 rings (SSSR count). The summed E-state index contributed by atoms with van der Waals surface area (Å²) in [7, 11) is 0. The fraction of sp³-hybridized carbons (Fsp3) is 0.167. The molecule has 28 heavy (non-hydrogen) atoms. The molecule has 2 aromatic carbocycles. The minimum absolute atomic E-state index is 0.182. The maximum absolute atomic E-state index is 13.4. The van der Waals surface area contributed by atoms with Gasteiger partial charge in [-0.25, -0.2) is 0 Å². The molecule has 1 unspecified atom stereocenters. The highest BCUT2D eigenvalue weighted by atomic mass is 35.5. The maximum Gasteiger partial charge on any atom is 0.416 e. The molecule has 2 N–H and O–H groups in total. The Bertz CT molecular complexity index is 1020. The molecule has 0 fully saturated rings. The molecule has 10 heteroatoms. The van der Waals surface area contributed by atoms with Gasteiger partial charge in [0.1, 0.15) is 5.69 Å². The minimum Gasteiger partial charge on any atom is -0.350 e. The van der Waals surface area contributed by atoms with Gasteiger partial charge in [0.15, 0.2) is 6.04 Å². The molecule has 0 radical (unpaired) electrons. The third-order valence-electron chi connectivity index (χ3n) is 3.98. The second-order valence-corrected chi connectivity index (χ2v) is 6.42. The normalized spacial score (nSPS) is 13.5. The van der Waals surface area contributed by atoms with Crippen molar-refractivity contribution in [1.29, 1.82) is 0 Å². The van der Waals surface area contributed by atoms with E-state index >= 15 is 0 Å². The van der Waals surface area contributed by atoms with Gasteiger partial charge < -0.3 is 10.3 Å². The zero-order valence-electron chi connectivity index (χ0n) is 13.8. The van der Waals surface area contributed by atoms with E-state index in [0.717, 1.165) is 12.1 Å². The van der Waals surface area contributed by atoms with Gasteiger partial charge in [0.25, 0.3) is 5.91 Å². The van der Waals surface area contributed by atoms with E-state index in [2.05, 4.69) is 4.98 Å². The van der Waals surface area contributed by atoms with Crippen LogP contribution in [0.1, 0.15) is 27.7 Å². The van der Waals surface area contributed by atoms with E-state index in [1.807, 2.05) is 0 Å². The highest BCUT2D eigenvalue weighted by Gasteiger charge is 2.43. The fourth-order valence-corrected chi connectivity index (χ4v) is 2.85. The molecule has 0 aliphatic heterocycles. The number of benzene rings is 2. The van der Waals surface area contributed by atoms with Crippen molar-refractivity contribution in [3.05, 3.63) is 70.4 Å². The molecule has 0 aliphatic carbocycles. The fourth-order valence-electron chi connectivity index (χ4n) is 2.68. The van der Waals surface area contributed by atoms with Gasteiger partial charge in [-0.1, -0.05) is 29.8 Å². The summed E-state index contributed by atoms with van der Waals surface area (Å²) in [5, 5.41) is 2.65. The minimum atomic E-state index is -5.00. The first-order valence-electron chi connectivity index (χ1n) is 7.78. The average molecular weight is 421 g/mol. The number of alkyl halides is 6. The lowest BCUT2D eigenvalue weighted by Gasteiger charge is -2.22. The lowest BCUT2D eigenvalue weighted by Crippen LogP contribution is -2.38. The number of amides is 1. The van der Waals surface area contributed by atoms with Crippen LogP contribution < -0.4 is 5.32 Å². The summed E-state index contributed by atoms with van der Waals surface area (Å²) in [5.74, 6) is -1.12. The standard InChI is InChI=1S/C18H11ClF6N2O/c19-12-5-4-9-7-14(26-13(9)8-12)16(28)27-15(18(23,24)25)10-2-1-3-11(6-10)17(20,21)22/h1-8,15,26H,(H,27,28). The van der Waals surface area contributed by atoms with Crippen LogP contribution in [0.5, 0.6) is 0 Å². The van der Waals surface area contributed by atoms with Crippen molar-refractivity contribution in [2.24, 2.45) is 0 Å². The summed E-state index contributed by atoms with van der Waals surface area (Å²) in [5.41, 5.74) is -1.72. The Morgan fingerprint density at radius 2 is 1.71 bits per heavy atom. The van der Waals surface area contributed by atoms with Crippen molar-refractivity contribution >= 4 is 28.4 Å². The Hall–Kier alpha value is -2.68. The monoisotopic (exact) mass is 420 g/mol. The molecule has 0 saturated heterocycles. The summed E-state index contributed by atoms with van der Waals surface area (Å²) >= 11 is 5.82. The molecule has 3 nitrogen and oxygen atoms in total. The van der Waals surface area contributed by atoms with Crippen LogP contribution in [0.3, 0.4) is 0 Å². The van der Waals surface area contributed by atoms with Crippen LogP contribution in [0, 0.1) is 0 Å². The first-order chi connectivity index (χ1) is 12.9. The number of nitrogens with one attached hydrogen (secondary N) is 2. The summed E-state index contributed by atoms with van der Waals surface area (Å²) in [6.07, 6.45) is -9.82. The number of aromatic amines is 1. The van der Waals surface area contributed by atoms with E-state index in [4.69, 9.17) is 11.6 Å². The lowest BCUT2D eigenvalue weighted by atomic mass is 10.0. The van der Waals surface area contributed by atoms with Gasteiger partial charge in [-0.15, -0.1) is 0 Å². The SMILES string of the molecule is O=C(NC(c1cccc(C(F)(F)F)c1)C(F)(F)F)c1cc2ccc(Cl)cc2[nH]1. The van der Waals surface area contributed by atoms with Crippen LogP contribution >= 0.6 is 11.6 Å². The highest BCUT2D eigenvalue weighted by molar-refractivity contribution is 6.31. The number of carbonyl (C=O) groups is 1. The Labute approximate surface area is 159 Å².